The van der Waals surface area contributed by atoms with Gasteiger partial charge in [0.1, 0.15) is 0 Å². The van der Waals surface area contributed by atoms with Crippen molar-refractivity contribution in [2.24, 2.45) is 5.10 Å². The highest BCUT2D eigenvalue weighted by molar-refractivity contribution is 8.00. The largest absolute Gasteiger partial charge is 0.272 e. The van der Waals surface area contributed by atoms with E-state index in [1.165, 1.54) is 17.3 Å². The van der Waals surface area contributed by atoms with Crippen LogP contribution in [0.5, 0.6) is 0 Å². The maximum atomic E-state index is 12.0. The van der Waals surface area contributed by atoms with Gasteiger partial charge in [-0.2, -0.15) is 5.10 Å². The summed E-state index contributed by atoms with van der Waals surface area (Å²) in [6.45, 7) is 3.87. The number of aryl methyl sites for hydroxylation is 1. The van der Waals surface area contributed by atoms with Crippen molar-refractivity contribution in [3.63, 3.8) is 0 Å². The fraction of sp³-hybridized carbons (Fsp3) is 0.176. The topological polar surface area (TPSA) is 41.5 Å². The van der Waals surface area contributed by atoms with Gasteiger partial charge in [0.05, 0.1) is 11.5 Å². The standard InChI is InChI=1S/C17H17ClN2OS/c1-12-3-5-14(6-4-12)11-19-20-17(21)13(2)22-16-9-7-15(18)8-10-16/h3-11,13H,1-2H3,(H,20,21)/b19-11-/t13-/m1/s1. The predicted octanol–water partition coefficient (Wildman–Crippen LogP) is 4.28. The number of benzene rings is 2. The van der Waals surface area contributed by atoms with Gasteiger partial charge in [0, 0.05) is 9.92 Å². The zero-order valence-electron chi connectivity index (χ0n) is 12.4. The second-order valence-electron chi connectivity index (χ2n) is 4.86. The maximum absolute atomic E-state index is 12.0. The number of hydrazone groups is 1. The summed E-state index contributed by atoms with van der Waals surface area (Å²) in [5, 5.41) is 4.43. The molecule has 0 bridgehead atoms. The van der Waals surface area contributed by atoms with Crippen LogP contribution in [0.25, 0.3) is 0 Å². The molecular formula is C17H17ClN2OS. The molecule has 0 unspecified atom stereocenters. The zero-order chi connectivity index (χ0) is 15.9. The van der Waals surface area contributed by atoms with Crippen molar-refractivity contribution in [1.82, 2.24) is 5.43 Å². The van der Waals surface area contributed by atoms with Gasteiger partial charge >= 0.3 is 0 Å². The molecule has 0 aliphatic heterocycles. The van der Waals surface area contributed by atoms with Crippen LogP contribution in [0, 0.1) is 6.92 Å². The van der Waals surface area contributed by atoms with E-state index in [1.807, 2.05) is 62.4 Å². The Balaban J connectivity index is 1.85. The molecule has 0 aliphatic carbocycles. The number of amides is 1. The normalized spacial score (nSPS) is 12.3. The van der Waals surface area contributed by atoms with Gasteiger partial charge in [-0.05, 0) is 43.7 Å². The van der Waals surface area contributed by atoms with Crippen LogP contribution >= 0.6 is 23.4 Å². The molecule has 0 radical (unpaired) electrons. The summed E-state index contributed by atoms with van der Waals surface area (Å²) in [5.41, 5.74) is 4.70. The molecule has 1 atom stereocenters. The van der Waals surface area contributed by atoms with Gasteiger partial charge in [0.15, 0.2) is 0 Å². The van der Waals surface area contributed by atoms with Crippen LogP contribution in [0.2, 0.25) is 5.02 Å². The van der Waals surface area contributed by atoms with E-state index < -0.39 is 0 Å². The summed E-state index contributed by atoms with van der Waals surface area (Å²) in [6, 6.07) is 15.3. The summed E-state index contributed by atoms with van der Waals surface area (Å²) in [7, 11) is 0. The third-order valence-electron chi connectivity index (χ3n) is 2.96. The maximum Gasteiger partial charge on any atom is 0.253 e. The number of thioether (sulfide) groups is 1. The van der Waals surface area contributed by atoms with Gasteiger partial charge in [-0.1, -0.05) is 41.4 Å². The molecule has 114 valence electrons. The molecule has 0 heterocycles. The number of rotatable bonds is 5. The number of carbonyl (C=O) groups excluding carboxylic acids is 1. The van der Waals surface area contributed by atoms with Crippen LogP contribution in [0.4, 0.5) is 0 Å². The van der Waals surface area contributed by atoms with E-state index in [1.54, 1.807) is 6.21 Å². The number of hydrogen-bond donors (Lipinski definition) is 1. The molecule has 2 aromatic rings. The Hall–Kier alpha value is -1.78. The lowest BCUT2D eigenvalue weighted by atomic mass is 10.2. The Labute approximate surface area is 139 Å². The molecule has 2 rings (SSSR count). The number of hydrogen-bond acceptors (Lipinski definition) is 3. The van der Waals surface area contributed by atoms with Crippen molar-refractivity contribution in [3.8, 4) is 0 Å². The number of nitrogens with one attached hydrogen (secondary N) is 1. The number of halogens is 1. The second kappa shape index (κ2) is 8.01. The minimum Gasteiger partial charge on any atom is -0.272 e. The lowest BCUT2D eigenvalue weighted by Crippen LogP contribution is -2.26. The molecule has 22 heavy (non-hydrogen) atoms. The molecule has 0 saturated carbocycles. The summed E-state index contributed by atoms with van der Waals surface area (Å²) < 4.78 is 0. The van der Waals surface area contributed by atoms with Crippen molar-refractivity contribution in [1.29, 1.82) is 0 Å². The Morgan fingerprint density at radius 3 is 2.45 bits per heavy atom. The van der Waals surface area contributed by atoms with Crippen molar-refractivity contribution < 1.29 is 4.79 Å². The summed E-state index contributed by atoms with van der Waals surface area (Å²) in [5.74, 6) is -0.136. The first-order chi connectivity index (χ1) is 10.5. The fourth-order valence-corrected chi connectivity index (χ4v) is 2.67. The minimum atomic E-state index is -0.239. The van der Waals surface area contributed by atoms with Gasteiger partial charge in [0.2, 0.25) is 0 Å². The smallest absolute Gasteiger partial charge is 0.253 e. The summed E-state index contributed by atoms with van der Waals surface area (Å²) >= 11 is 7.30. The Bertz CT molecular complexity index is 653. The van der Waals surface area contributed by atoms with Crippen molar-refractivity contribution in [2.45, 2.75) is 24.0 Å². The van der Waals surface area contributed by atoms with E-state index in [9.17, 15) is 4.79 Å². The highest BCUT2D eigenvalue weighted by atomic mass is 35.5. The second-order valence-corrected chi connectivity index (χ2v) is 6.71. The van der Waals surface area contributed by atoms with Gasteiger partial charge in [-0.25, -0.2) is 5.43 Å². The SMILES string of the molecule is Cc1ccc(/C=N\NC(=O)[C@@H](C)Sc2ccc(Cl)cc2)cc1. The average Bonchev–Trinajstić information content (AvgIpc) is 2.51. The molecule has 1 amide bonds. The van der Waals surface area contributed by atoms with Crippen molar-refractivity contribution >= 4 is 35.5 Å². The summed E-state index contributed by atoms with van der Waals surface area (Å²) in [6.07, 6.45) is 1.64. The Morgan fingerprint density at radius 2 is 1.82 bits per heavy atom. The lowest BCUT2D eigenvalue weighted by Gasteiger charge is -2.09. The van der Waals surface area contributed by atoms with Crippen LogP contribution in [0.1, 0.15) is 18.1 Å². The lowest BCUT2D eigenvalue weighted by molar-refractivity contribution is -0.120. The number of carbonyl (C=O) groups is 1. The quantitative estimate of drug-likeness (QED) is 0.504. The van der Waals surface area contributed by atoms with Crippen molar-refractivity contribution in [3.05, 3.63) is 64.7 Å². The predicted molar refractivity (Wildman–Crippen MR) is 93.7 cm³/mol. The molecule has 0 saturated heterocycles. The first-order valence-corrected chi connectivity index (χ1v) is 8.12. The van der Waals surface area contributed by atoms with Crippen LogP contribution in [0.15, 0.2) is 58.5 Å². The van der Waals surface area contributed by atoms with Gasteiger partial charge in [-0.3, -0.25) is 4.79 Å². The molecule has 5 heteroatoms. The van der Waals surface area contributed by atoms with Gasteiger partial charge in [0.25, 0.3) is 5.91 Å². The van der Waals surface area contributed by atoms with Gasteiger partial charge in [-0.15, -0.1) is 11.8 Å². The van der Waals surface area contributed by atoms with E-state index in [0.29, 0.717) is 5.02 Å². The molecular weight excluding hydrogens is 316 g/mol. The van der Waals surface area contributed by atoms with E-state index in [0.717, 1.165) is 10.5 Å². The molecule has 0 aromatic heterocycles. The first kappa shape index (κ1) is 16.6. The van der Waals surface area contributed by atoms with E-state index in [2.05, 4.69) is 10.5 Å². The molecule has 0 aliphatic rings. The van der Waals surface area contributed by atoms with E-state index in [-0.39, 0.29) is 11.2 Å². The third kappa shape index (κ3) is 5.20. The highest BCUT2D eigenvalue weighted by Gasteiger charge is 2.13. The first-order valence-electron chi connectivity index (χ1n) is 6.86. The van der Waals surface area contributed by atoms with Gasteiger partial charge < -0.3 is 0 Å². The van der Waals surface area contributed by atoms with Crippen molar-refractivity contribution in [2.75, 3.05) is 0 Å². The average molecular weight is 333 g/mol. The Morgan fingerprint density at radius 1 is 1.18 bits per heavy atom. The summed E-state index contributed by atoms with van der Waals surface area (Å²) in [4.78, 5) is 13.0. The molecule has 3 nitrogen and oxygen atoms in total. The Kier molecular flexibility index (Phi) is 6.04. The van der Waals surface area contributed by atoms with Crippen LogP contribution < -0.4 is 5.43 Å². The van der Waals surface area contributed by atoms with Crippen LogP contribution in [-0.4, -0.2) is 17.4 Å². The molecule has 1 N–H and O–H groups in total. The monoisotopic (exact) mass is 332 g/mol. The van der Waals surface area contributed by atoms with Crippen LogP contribution in [-0.2, 0) is 4.79 Å². The molecule has 0 spiro atoms. The molecule has 2 aromatic carbocycles. The fourth-order valence-electron chi connectivity index (χ4n) is 1.68. The van der Waals surface area contributed by atoms with E-state index in [4.69, 9.17) is 11.6 Å². The van der Waals surface area contributed by atoms with Crippen LogP contribution in [0.3, 0.4) is 0 Å². The van der Waals surface area contributed by atoms with E-state index >= 15 is 0 Å². The molecule has 0 fully saturated rings. The number of nitrogens with zero attached hydrogens (tertiary/aromatic N) is 1. The third-order valence-corrected chi connectivity index (χ3v) is 4.33. The minimum absolute atomic E-state index is 0.136. The zero-order valence-corrected chi connectivity index (χ0v) is 14.0. The highest BCUT2D eigenvalue weighted by Crippen LogP contribution is 2.24.